The molecular formula is C22H24N2O5. The third-order valence-electron chi connectivity index (χ3n) is 4.65. The minimum Gasteiger partial charge on any atom is -0.497 e. The molecule has 0 unspecified atom stereocenters. The predicted molar refractivity (Wildman–Crippen MR) is 110 cm³/mol. The molecule has 0 fully saturated rings. The molecule has 2 aromatic carbocycles. The van der Waals surface area contributed by atoms with Crippen molar-refractivity contribution in [2.24, 2.45) is 0 Å². The summed E-state index contributed by atoms with van der Waals surface area (Å²) in [6.45, 7) is 2.27. The second kappa shape index (κ2) is 8.68. The average Bonchev–Trinajstić information content (AvgIpc) is 2.98. The van der Waals surface area contributed by atoms with Crippen LogP contribution in [0.5, 0.6) is 17.2 Å². The first kappa shape index (κ1) is 20.3. The number of amides is 2. The fourth-order valence-corrected chi connectivity index (χ4v) is 3.20. The highest BCUT2D eigenvalue weighted by molar-refractivity contribution is 6.36. The maximum Gasteiger partial charge on any atom is 0.278 e. The molecule has 1 aliphatic rings. The van der Waals surface area contributed by atoms with Crippen LogP contribution in [-0.2, 0) is 9.59 Å². The fraction of sp³-hybridized carbons (Fsp3) is 0.273. The summed E-state index contributed by atoms with van der Waals surface area (Å²) in [4.78, 5) is 27.3. The number of carbonyl (C=O) groups is 2. The number of methoxy groups -OCH3 is 3. The van der Waals surface area contributed by atoms with Crippen LogP contribution in [0.4, 0.5) is 5.69 Å². The summed E-state index contributed by atoms with van der Waals surface area (Å²) in [5.41, 5.74) is 1.80. The van der Waals surface area contributed by atoms with Gasteiger partial charge in [0.25, 0.3) is 11.8 Å². The van der Waals surface area contributed by atoms with Crippen LogP contribution >= 0.6 is 0 Å². The Kier molecular flexibility index (Phi) is 6.07. The van der Waals surface area contributed by atoms with Crippen molar-refractivity contribution >= 4 is 23.1 Å². The molecule has 0 atom stereocenters. The van der Waals surface area contributed by atoms with E-state index >= 15 is 0 Å². The lowest BCUT2D eigenvalue weighted by Gasteiger charge is -2.14. The van der Waals surface area contributed by atoms with Crippen LogP contribution in [0.25, 0.3) is 5.57 Å². The second-order valence-corrected chi connectivity index (χ2v) is 6.44. The van der Waals surface area contributed by atoms with E-state index in [2.05, 4.69) is 5.32 Å². The maximum atomic E-state index is 13.1. The van der Waals surface area contributed by atoms with Gasteiger partial charge in [-0.15, -0.1) is 0 Å². The Labute approximate surface area is 169 Å². The first-order valence-corrected chi connectivity index (χ1v) is 9.28. The van der Waals surface area contributed by atoms with E-state index in [1.807, 2.05) is 6.92 Å². The van der Waals surface area contributed by atoms with E-state index in [0.29, 0.717) is 47.0 Å². The van der Waals surface area contributed by atoms with Crippen molar-refractivity contribution in [3.05, 3.63) is 53.7 Å². The van der Waals surface area contributed by atoms with Gasteiger partial charge in [-0.2, -0.15) is 0 Å². The van der Waals surface area contributed by atoms with E-state index in [1.54, 1.807) is 56.7 Å². The fourth-order valence-electron chi connectivity index (χ4n) is 3.20. The van der Waals surface area contributed by atoms with E-state index in [9.17, 15) is 9.59 Å². The van der Waals surface area contributed by atoms with Gasteiger partial charge in [0.05, 0.1) is 26.9 Å². The highest BCUT2D eigenvalue weighted by Gasteiger charge is 2.39. The van der Waals surface area contributed by atoms with Gasteiger partial charge in [0.1, 0.15) is 11.4 Å². The number of anilines is 1. The van der Waals surface area contributed by atoms with E-state index in [4.69, 9.17) is 14.2 Å². The Balaban J connectivity index is 2.07. The van der Waals surface area contributed by atoms with Crippen molar-refractivity contribution in [2.75, 3.05) is 33.2 Å². The lowest BCUT2D eigenvalue weighted by Crippen LogP contribution is -2.33. The predicted octanol–water partition coefficient (Wildman–Crippen LogP) is 3.31. The Morgan fingerprint density at radius 1 is 0.862 bits per heavy atom. The topological polar surface area (TPSA) is 77.1 Å². The molecule has 2 aromatic rings. The van der Waals surface area contributed by atoms with Gasteiger partial charge in [0, 0.05) is 12.2 Å². The Bertz CT molecular complexity index is 950. The third kappa shape index (κ3) is 3.89. The Morgan fingerprint density at radius 2 is 1.55 bits per heavy atom. The first-order valence-electron chi connectivity index (χ1n) is 9.28. The summed E-state index contributed by atoms with van der Waals surface area (Å²) in [5.74, 6) is 1.04. The quantitative estimate of drug-likeness (QED) is 0.690. The molecule has 1 N–H and O–H groups in total. The van der Waals surface area contributed by atoms with Gasteiger partial charge in [-0.1, -0.05) is 13.0 Å². The number of rotatable bonds is 8. The normalized spacial score (nSPS) is 13.7. The zero-order valence-corrected chi connectivity index (χ0v) is 16.9. The molecule has 7 nitrogen and oxygen atoms in total. The van der Waals surface area contributed by atoms with Gasteiger partial charge in [0.2, 0.25) is 0 Å². The molecule has 29 heavy (non-hydrogen) atoms. The van der Waals surface area contributed by atoms with Crippen molar-refractivity contribution in [3.8, 4) is 17.2 Å². The highest BCUT2D eigenvalue weighted by atomic mass is 16.5. The highest BCUT2D eigenvalue weighted by Crippen LogP contribution is 2.35. The molecule has 3 rings (SSSR count). The maximum absolute atomic E-state index is 13.1. The van der Waals surface area contributed by atoms with E-state index in [0.717, 1.165) is 0 Å². The van der Waals surface area contributed by atoms with Crippen LogP contribution in [0.1, 0.15) is 18.9 Å². The number of ether oxygens (including phenoxy) is 3. The van der Waals surface area contributed by atoms with Crippen molar-refractivity contribution in [3.63, 3.8) is 0 Å². The molecule has 0 radical (unpaired) electrons. The zero-order chi connectivity index (χ0) is 21.0. The van der Waals surface area contributed by atoms with E-state index < -0.39 is 0 Å². The molecule has 1 aliphatic heterocycles. The lowest BCUT2D eigenvalue weighted by molar-refractivity contribution is -0.136. The van der Waals surface area contributed by atoms with Gasteiger partial charge < -0.3 is 19.5 Å². The molecular weight excluding hydrogens is 372 g/mol. The summed E-state index contributed by atoms with van der Waals surface area (Å²) >= 11 is 0. The number of hydrogen-bond donors (Lipinski definition) is 1. The number of hydrogen-bond acceptors (Lipinski definition) is 6. The molecule has 0 aromatic heterocycles. The van der Waals surface area contributed by atoms with E-state index in [-0.39, 0.29) is 17.5 Å². The zero-order valence-electron chi connectivity index (χ0n) is 16.9. The molecule has 0 bridgehead atoms. The molecule has 0 spiro atoms. The minimum absolute atomic E-state index is 0.237. The van der Waals surface area contributed by atoms with Crippen molar-refractivity contribution in [1.82, 2.24) is 4.90 Å². The molecule has 0 saturated heterocycles. The molecule has 2 amide bonds. The standard InChI is InChI=1S/C22H24N2O5/c1-5-12-24-21(25)19(14-6-11-17(28-3)18(13-14)29-4)20(22(24)26)23-15-7-9-16(27-2)10-8-15/h6-11,13,23H,5,12H2,1-4H3. The molecule has 0 saturated carbocycles. The third-order valence-corrected chi connectivity index (χ3v) is 4.65. The summed E-state index contributed by atoms with van der Waals surface area (Å²) in [7, 11) is 4.65. The second-order valence-electron chi connectivity index (χ2n) is 6.44. The number of carbonyl (C=O) groups excluding carboxylic acids is 2. The van der Waals surface area contributed by atoms with Crippen molar-refractivity contribution in [1.29, 1.82) is 0 Å². The number of nitrogens with zero attached hydrogens (tertiary/aromatic N) is 1. The lowest BCUT2D eigenvalue weighted by atomic mass is 10.0. The van der Waals surface area contributed by atoms with Crippen LogP contribution in [-0.4, -0.2) is 44.6 Å². The van der Waals surface area contributed by atoms with Crippen LogP contribution in [0, 0.1) is 0 Å². The van der Waals surface area contributed by atoms with Crippen LogP contribution in [0.15, 0.2) is 48.2 Å². The molecule has 152 valence electrons. The summed E-state index contributed by atoms with van der Waals surface area (Å²) in [6, 6.07) is 12.3. The van der Waals surface area contributed by atoms with E-state index in [1.165, 1.54) is 12.0 Å². The largest absolute Gasteiger partial charge is 0.497 e. The summed E-state index contributed by atoms with van der Waals surface area (Å²) < 4.78 is 15.8. The van der Waals surface area contributed by atoms with Crippen molar-refractivity contribution < 1.29 is 23.8 Å². The molecule has 7 heteroatoms. The van der Waals surface area contributed by atoms with Gasteiger partial charge in [-0.25, -0.2) is 0 Å². The Morgan fingerprint density at radius 3 is 2.14 bits per heavy atom. The molecule has 0 aliphatic carbocycles. The average molecular weight is 396 g/mol. The number of imide groups is 1. The van der Waals surface area contributed by atoms with Gasteiger partial charge in [-0.05, 0) is 48.4 Å². The number of nitrogens with one attached hydrogen (secondary N) is 1. The minimum atomic E-state index is -0.350. The summed E-state index contributed by atoms with van der Waals surface area (Å²) in [6.07, 6.45) is 0.673. The monoisotopic (exact) mass is 396 g/mol. The van der Waals surface area contributed by atoms with Crippen molar-refractivity contribution in [2.45, 2.75) is 13.3 Å². The first-order chi connectivity index (χ1) is 14.0. The summed E-state index contributed by atoms with van der Waals surface area (Å²) in [5, 5.41) is 3.12. The Hall–Kier alpha value is -3.48. The van der Waals surface area contributed by atoms with Gasteiger partial charge in [-0.3, -0.25) is 14.5 Å². The van der Waals surface area contributed by atoms with Crippen LogP contribution < -0.4 is 19.5 Å². The SMILES string of the molecule is CCCN1C(=O)C(Nc2ccc(OC)cc2)=C(c2ccc(OC)c(OC)c2)C1=O. The smallest absolute Gasteiger partial charge is 0.278 e. The van der Waals surface area contributed by atoms with Gasteiger partial charge in [0.15, 0.2) is 11.5 Å². The van der Waals surface area contributed by atoms with Gasteiger partial charge >= 0.3 is 0 Å². The van der Waals surface area contributed by atoms with Crippen LogP contribution in [0.2, 0.25) is 0 Å². The number of benzene rings is 2. The van der Waals surface area contributed by atoms with Crippen LogP contribution in [0.3, 0.4) is 0 Å². The molecule has 1 heterocycles.